The van der Waals surface area contributed by atoms with Crippen LogP contribution in [-0.2, 0) is 9.59 Å². The molecule has 0 aliphatic carbocycles. The summed E-state index contributed by atoms with van der Waals surface area (Å²) in [6, 6.07) is -0.703. The summed E-state index contributed by atoms with van der Waals surface area (Å²) >= 11 is 0. The highest BCUT2D eigenvalue weighted by molar-refractivity contribution is 5.86. The van der Waals surface area contributed by atoms with E-state index in [2.05, 4.69) is 0 Å². The highest BCUT2D eigenvalue weighted by Gasteiger charge is 2.39. The van der Waals surface area contributed by atoms with Crippen LogP contribution in [0.4, 0.5) is 4.79 Å². The molecule has 0 spiro atoms. The number of aliphatic hydroxyl groups is 2. The quantitative estimate of drug-likeness (QED) is 0.603. The maximum atomic E-state index is 12.3. The van der Waals surface area contributed by atoms with Gasteiger partial charge in [-0.2, -0.15) is 0 Å². The van der Waals surface area contributed by atoms with E-state index < -0.39 is 23.7 Å². The number of piperazine rings is 1. The first-order chi connectivity index (χ1) is 12.2. The number of hydrogen-bond acceptors (Lipinski definition) is 5. The van der Waals surface area contributed by atoms with Crippen LogP contribution in [0.1, 0.15) is 33.1 Å². The Morgan fingerprint density at radius 1 is 1.27 bits per heavy atom. The Bertz CT molecular complexity index is 557. The molecular weight excluding hydrogens is 342 g/mol. The summed E-state index contributed by atoms with van der Waals surface area (Å²) in [6.07, 6.45) is -0.544. The molecule has 2 saturated heterocycles. The minimum atomic E-state index is -1.10. The van der Waals surface area contributed by atoms with Gasteiger partial charge in [-0.3, -0.25) is 14.5 Å². The van der Waals surface area contributed by atoms with E-state index in [1.54, 1.807) is 16.7 Å². The summed E-state index contributed by atoms with van der Waals surface area (Å²) in [7, 11) is 0. The minimum Gasteiger partial charge on any atom is -0.465 e. The number of carbonyl (C=O) groups excluding carboxylic acids is 2. The second-order valence-electron chi connectivity index (χ2n) is 7.50. The van der Waals surface area contributed by atoms with E-state index in [1.165, 1.54) is 0 Å². The van der Waals surface area contributed by atoms with Gasteiger partial charge in [0.15, 0.2) is 0 Å². The summed E-state index contributed by atoms with van der Waals surface area (Å²) in [5, 5.41) is 28.6. The van der Waals surface area contributed by atoms with Crippen molar-refractivity contribution in [3.63, 3.8) is 0 Å². The highest BCUT2D eigenvalue weighted by Crippen LogP contribution is 2.30. The molecule has 0 bridgehead atoms. The van der Waals surface area contributed by atoms with Gasteiger partial charge in [0, 0.05) is 44.6 Å². The molecule has 2 unspecified atom stereocenters. The lowest BCUT2D eigenvalue weighted by Crippen LogP contribution is -2.57. The Hall–Kier alpha value is -1.87. The van der Waals surface area contributed by atoms with Crippen LogP contribution >= 0.6 is 0 Å². The summed E-state index contributed by atoms with van der Waals surface area (Å²) in [5.41, 5.74) is -0.566. The second kappa shape index (κ2) is 8.22. The minimum absolute atomic E-state index is 0.0753. The fraction of sp³-hybridized carbons (Fsp3) is 0.824. The topological polar surface area (TPSA) is 122 Å². The number of carbonyl (C=O) groups is 3. The van der Waals surface area contributed by atoms with Crippen LogP contribution in [0.15, 0.2) is 0 Å². The lowest BCUT2D eigenvalue weighted by Gasteiger charge is -2.42. The van der Waals surface area contributed by atoms with Crippen molar-refractivity contribution in [3.05, 3.63) is 0 Å². The van der Waals surface area contributed by atoms with E-state index in [0.29, 0.717) is 32.5 Å². The number of piperidine rings is 1. The van der Waals surface area contributed by atoms with Crippen molar-refractivity contribution in [2.24, 2.45) is 5.41 Å². The number of nitrogens with zero attached hydrogens (tertiary/aromatic N) is 3. The molecular formula is C17H29N3O6. The number of carboxylic acid groups (broad SMARTS) is 1. The number of β-amino-alcohol motifs (C(OH)–C–C–N with tert-alkyl or cyclic N) is 1. The van der Waals surface area contributed by atoms with Crippen LogP contribution in [-0.4, -0.2) is 99.4 Å². The molecule has 0 aromatic carbocycles. The van der Waals surface area contributed by atoms with E-state index in [9.17, 15) is 24.6 Å². The largest absolute Gasteiger partial charge is 0.465 e. The first-order valence-corrected chi connectivity index (χ1v) is 9.04. The van der Waals surface area contributed by atoms with Crippen LogP contribution in [0.3, 0.4) is 0 Å². The predicted octanol–water partition coefficient (Wildman–Crippen LogP) is -0.431. The predicted molar refractivity (Wildman–Crippen MR) is 92.4 cm³/mol. The first-order valence-electron chi connectivity index (χ1n) is 9.04. The van der Waals surface area contributed by atoms with Crippen LogP contribution in [0.2, 0.25) is 0 Å². The lowest BCUT2D eigenvalue weighted by molar-refractivity contribution is -0.142. The van der Waals surface area contributed by atoms with E-state index in [1.807, 2.05) is 6.92 Å². The van der Waals surface area contributed by atoms with Gasteiger partial charge >= 0.3 is 6.09 Å². The molecule has 0 saturated carbocycles. The van der Waals surface area contributed by atoms with Gasteiger partial charge in [0.1, 0.15) is 6.04 Å². The van der Waals surface area contributed by atoms with Crippen molar-refractivity contribution in [1.29, 1.82) is 0 Å². The third-order valence-corrected chi connectivity index (χ3v) is 5.68. The van der Waals surface area contributed by atoms with Gasteiger partial charge in [-0.25, -0.2) is 4.79 Å². The Morgan fingerprint density at radius 3 is 2.54 bits per heavy atom. The number of aliphatic hydroxyl groups excluding tert-OH is 2. The average molecular weight is 371 g/mol. The molecule has 3 N–H and O–H groups in total. The Balaban J connectivity index is 1.77. The van der Waals surface area contributed by atoms with Gasteiger partial charge in [0.05, 0.1) is 12.7 Å². The summed E-state index contributed by atoms with van der Waals surface area (Å²) in [6.45, 7) is 4.99. The Morgan fingerprint density at radius 2 is 1.96 bits per heavy atom. The summed E-state index contributed by atoms with van der Waals surface area (Å²) < 4.78 is 0. The fourth-order valence-electron chi connectivity index (χ4n) is 3.48. The molecule has 2 rings (SSSR count). The SMILES string of the molecule is C[C@H]1C(=O)N(CCCC(=O)N2CCC(C)(CO)C(O)C2)CCN1C(=O)O. The maximum absolute atomic E-state index is 12.3. The van der Waals surface area contributed by atoms with Gasteiger partial charge < -0.3 is 25.1 Å². The van der Waals surface area contributed by atoms with Crippen molar-refractivity contribution in [2.45, 2.75) is 45.3 Å². The summed E-state index contributed by atoms with van der Waals surface area (Å²) in [5.74, 6) is -0.313. The van der Waals surface area contributed by atoms with Gasteiger partial charge in [-0.15, -0.1) is 0 Å². The molecule has 2 aliphatic heterocycles. The van der Waals surface area contributed by atoms with Crippen LogP contribution in [0.5, 0.6) is 0 Å². The number of amides is 3. The normalized spacial score (nSPS) is 29.8. The molecule has 26 heavy (non-hydrogen) atoms. The first kappa shape index (κ1) is 20.4. The standard InChI is InChI=1S/C17H29N3O6/c1-12-15(24)18(8-9-20(12)16(25)26)6-3-4-14(23)19-7-5-17(2,11-21)13(22)10-19/h12-13,21-22H,3-11H2,1-2H3,(H,25,26)/t12-,13?,17?/m0/s1. The molecule has 3 amide bonds. The van der Waals surface area contributed by atoms with E-state index in [-0.39, 0.29) is 37.9 Å². The molecule has 0 aromatic rings. The maximum Gasteiger partial charge on any atom is 0.408 e. The molecule has 2 fully saturated rings. The molecule has 9 heteroatoms. The van der Waals surface area contributed by atoms with E-state index in [4.69, 9.17) is 5.11 Å². The van der Waals surface area contributed by atoms with E-state index in [0.717, 1.165) is 4.90 Å². The zero-order valence-electron chi connectivity index (χ0n) is 15.4. The van der Waals surface area contributed by atoms with Crippen molar-refractivity contribution >= 4 is 17.9 Å². The van der Waals surface area contributed by atoms with Crippen molar-refractivity contribution in [1.82, 2.24) is 14.7 Å². The molecule has 9 nitrogen and oxygen atoms in total. The lowest BCUT2D eigenvalue weighted by atomic mass is 9.78. The molecule has 0 aromatic heterocycles. The molecule has 2 aliphatic rings. The van der Waals surface area contributed by atoms with Gasteiger partial charge in [0.25, 0.3) is 0 Å². The third-order valence-electron chi connectivity index (χ3n) is 5.68. The third kappa shape index (κ3) is 4.27. The van der Waals surface area contributed by atoms with Crippen molar-refractivity contribution in [3.8, 4) is 0 Å². The highest BCUT2D eigenvalue weighted by atomic mass is 16.4. The molecule has 2 heterocycles. The molecule has 0 radical (unpaired) electrons. The van der Waals surface area contributed by atoms with Crippen molar-refractivity contribution in [2.75, 3.05) is 39.3 Å². The average Bonchev–Trinajstić information content (AvgIpc) is 2.60. The molecule has 3 atom stereocenters. The zero-order valence-corrected chi connectivity index (χ0v) is 15.4. The summed E-state index contributed by atoms with van der Waals surface area (Å²) in [4.78, 5) is 40.0. The smallest absolute Gasteiger partial charge is 0.408 e. The number of hydrogen-bond donors (Lipinski definition) is 3. The van der Waals surface area contributed by atoms with Gasteiger partial charge in [-0.05, 0) is 19.8 Å². The van der Waals surface area contributed by atoms with Gasteiger partial charge in [0.2, 0.25) is 11.8 Å². The van der Waals surface area contributed by atoms with Crippen LogP contribution < -0.4 is 0 Å². The Kier molecular flexibility index (Phi) is 6.46. The fourth-order valence-corrected chi connectivity index (χ4v) is 3.48. The number of likely N-dealkylation sites (tertiary alicyclic amines) is 1. The van der Waals surface area contributed by atoms with Crippen LogP contribution in [0, 0.1) is 5.41 Å². The molecule has 148 valence electrons. The van der Waals surface area contributed by atoms with Crippen LogP contribution in [0.25, 0.3) is 0 Å². The monoisotopic (exact) mass is 371 g/mol. The zero-order chi connectivity index (χ0) is 19.5. The Labute approximate surface area is 153 Å². The number of rotatable bonds is 5. The van der Waals surface area contributed by atoms with Crippen molar-refractivity contribution < 1.29 is 29.7 Å². The van der Waals surface area contributed by atoms with E-state index >= 15 is 0 Å². The second-order valence-corrected chi connectivity index (χ2v) is 7.50. The van der Waals surface area contributed by atoms with Gasteiger partial charge in [-0.1, -0.05) is 6.92 Å².